The van der Waals surface area contributed by atoms with Gasteiger partial charge in [-0.05, 0) is 43.3 Å². The molecule has 0 aromatic heterocycles. The number of hydrogen-bond acceptors (Lipinski definition) is 4. The van der Waals surface area contributed by atoms with Crippen LogP contribution in [0.25, 0.3) is 0 Å². The molecule has 5 heteroatoms. The molecule has 5 nitrogen and oxygen atoms in total. The molecule has 1 fully saturated rings. The van der Waals surface area contributed by atoms with Crippen LogP contribution in [0.1, 0.15) is 6.92 Å². The maximum atomic E-state index is 12.8. The second-order valence-electron chi connectivity index (χ2n) is 6.63. The minimum atomic E-state index is -0.127. The van der Waals surface area contributed by atoms with Gasteiger partial charge >= 0.3 is 0 Å². The Labute approximate surface area is 155 Å². The molecule has 1 saturated heterocycles. The van der Waals surface area contributed by atoms with Crippen LogP contribution in [0.15, 0.2) is 54.6 Å². The van der Waals surface area contributed by atoms with Gasteiger partial charge in [0.15, 0.2) is 0 Å². The molecule has 3 rings (SSSR count). The maximum Gasteiger partial charge on any atom is 0.243 e. The number of carbonyl (C=O) groups excluding carboxylic acids is 1. The topological polar surface area (TPSA) is 36.0 Å². The predicted octanol–water partition coefficient (Wildman–Crippen LogP) is 2.87. The van der Waals surface area contributed by atoms with E-state index in [0.29, 0.717) is 0 Å². The quantitative estimate of drug-likeness (QED) is 0.828. The number of carbonyl (C=O) groups is 1. The average molecular weight is 353 g/mol. The third-order valence-corrected chi connectivity index (χ3v) is 5.13. The summed E-state index contributed by atoms with van der Waals surface area (Å²) in [4.78, 5) is 19.2. The Kier molecular flexibility index (Phi) is 5.78. The molecular weight excluding hydrogens is 326 g/mol. The summed E-state index contributed by atoms with van der Waals surface area (Å²) in [5, 5.41) is 0. The summed E-state index contributed by atoms with van der Waals surface area (Å²) in [5.41, 5.74) is 2.13. The van der Waals surface area contributed by atoms with Crippen molar-refractivity contribution >= 4 is 17.3 Å². The van der Waals surface area contributed by atoms with Crippen molar-refractivity contribution in [3.8, 4) is 5.75 Å². The molecule has 1 amide bonds. The van der Waals surface area contributed by atoms with E-state index in [1.807, 2.05) is 56.4 Å². The van der Waals surface area contributed by atoms with Gasteiger partial charge in [-0.15, -0.1) is 0 Å². The molecule has 0 saturated carbocycles. The highest BCUT2D eigenvalue weighted by Gasteiger charge is 2.28. The van der Waals surface area contributed by atoms with E-state index < -0.39 is 0 Å². The third kappa shape index (κ3) is 3.99. The molecule has 0 aliphatic carbocycles. The zero-order valence-corrected chi connectivity index (χ0v) is 15.8. The van der Waals surface area contributed by atoms with E-state index in [1.54, 1.807) is 12.0 Å². The normalized spacial score (nSPS) is 16.2. The van der Waals surface area contributed by atoms with E-state index in [-0.39, 0.29) is 11.9 Å². The highest BCUT2D eigenvalue weighted by molar-refractivity contribution is 5.96. The molecule has 0 radical (unpaired) electrons. The van der Waals surface area contributed by atoms with Gasteiger partial charge in [-0.2, -0.15) is 0 Å². The first-order chi connectivity index (χ1) is 12.6. The molecule has 1 atom stereocenters. The highest BCUT2D eigenvalue weighted by atomic mass is 16.5. The predicted molar refractivity (Wildman–Crippen MR) is 106 cm³/mol. The first-order valence-corrected chi connectivity index (χ1v) is 9.06. The summed E-state index contributed by atoms with van der Waals surface area (Å²) in [5.74, 6) is 1.00. The van der Waals surface area contributed by atoms with Gasteiger partial charge in [-0.1, -0.05) is 18.2 Å². The number of hydrogen-bond donors (Lipinski definition) is 0. The standard InChI is InChI=1S/C21H27N3O2/c1-17(21(25)22(2)18-7-5-4-6-8-18)23-13-15-24(16-14-23)19-9-11-20(26-3)12-10-19/h4-12,17H,13-16H2,1-3H3/t17-/m0/s1. The Morgan fingerprint density at radius 2 is 1.62 bits per heavy atom. The average Bonchev–Trinajstić information content (AvgIpc) is 2.73. The van der Waals surface area contributed by atoms with E-state index in [0.717, 1.165) is 37.6 Å². The highest BCUT2D eigenvalue weighted by Crippen LogP contribution is 2.21. The number of likely N-dealkylation sites (N-methyl/N-ethyl adjacent to an activating group) is 1. The fourth-order valence-corrected chi connectivity index (χ4v) is 3.38. The van der Waals surface area contributed by atoms with Crippen molar-refractivity contribution < 1.29 is 9.53 Å². The van der Waals surface area contributed by atoms with Crippen LogP contribution in [-0.2, 0) is 4.79 Å². The lowest BCUT2D eigenvalue weighted by molar-refractivity contribution is -0.123. The Hall–Kier alpha value is -2.53. The van der Waals surface area contributed by atoms with Crippen LogP contribution in [0.2, 0.25) is 0 Å². The number of piperazine rings is 1. The van der Waals surface area contributed by atoms with Crippen LogP contribution >= 0.6 is 0 Å². The van der Waals surface area contributed by atoms with E-state index in [1.165, 1.54) is 5.69 Å². The number of methoxy groups -OCH3 is 1. The van der Waals surface area contributed by atoms with E-state index in [9.17, 15) is 4.79 Å². The Morgan fingerprint density at radius 1 is 1.00 bits per heavy atom. The SMILES string of the molecule is COc1ccc(N2CCN([C@@H](C)C(=O)N(C)c3ccccc3)CC2)cc1. The monoisotopic (exact) mass is 353 g/mol. The van der Waals surface area contributed by atoms with E-state index >= 15 is 0 Å². The smallest absolute Gasteiger partial charge is 0.243 e. The van der Waals surface area contributed by atoms with Gasteiger partial charge in [0.25, 0.3) is 0 Å². The Morgan fingerprint density at radius 3 is 2.19 bits per heavy atom. The maximum absolute atomic E-state index is 12.8. The molecule has 1 heterocycles. The van der Waals surface area contributed by atoms with E-state index in [2.05, 4.69) is 21.9 Å². The van der Waals surface area contributed by atoms with Gasteiger partial charge in [0, 0.05) is 44.6 Å². The minimum absolute atomic E-state index is 0.127. The van der Waals surface area contributed by atoms with Gasteiger partial charge in [-0.3, -0.25) is 9.69 Å². The molecule has 1 aliphatic rings. The molecule has 0 spiro atoms. The van der Waals surface area contributed by atoms with Gasteiger partial charge in [-0.25, -0.2) is 0 Å². The van der Waals surface area contributed by atoms with Crippen molar-refractivity contribution in [2.75, 3.05) is 50.1 Å². The summed E-state index contributed by atoms with van der Waals surface area (Å²) >= 11 is 0. The van der Waals surface area contributed by atoms with Crippen LogP contribution < -0.4 is 14.5 Å². The lowest BCUT2D eigenvalue weighted by Crippen LogP contribution is -2.54. The van der Waals surface area contributed by atoms with Gasteiger partial charge < -0.3 is 14.5 Å². The fourth-order valence-electron chi connectivity index (χ4n) is 3.38. The molecule has 0 unspecified atom stereocenters. The van der Waals surface area contributed by atoms with Gasteiger partial charge in [0.2, 0.25) is 5.91 Å². The van der Waals surface area contributed by atoms with E-state index in [4.69, 9.17) is 4.74 Å². The minimum Gasteiger partial charge on any atom is -0.497 e. The second-order valence-corrected chi connectivity index (χ2v) is 6.63. The number of para-hydroxylation sites is 1. The van der Waals surface area contributed by atoms with Crippen LogP contribution in [0.4, 0.5) is 11.4 Å². The number of nitrogens with zero attached hydrogens (tertiary/aromatic N) is 3. The largest absolute Gasteiger partial charge is 0.497 e. The van der Waals surface area contributed by atoms with Crippen molar-refractivity contribution in [3.63, 3.8) is 0 Å². The molecule has 26 heavy (non-hydrogen) atoms. The van der Waals surface area contributed by atoms with Crippen molar-refractivity contribution in [2.24, 2.45) is 0 Å². The molecule has 2 aromatic carbocycles. The zero-order valence-electron chi connectivity index (χ0n) is 15.8. The fraction of sp³-hybridized carbons (Fsp3) is 0.381. The summed E-state index contributed by atoms with van der Waals surface area (Å²) in [7, 11) is 3.53. The third-order valence-electron chi connectivity index (χ3n) is 5.13. The first kappa shape index (κ1) is 18.3. The molecule has 138 valence electrons. The van der Waals surface area contributed by atoms with Crippen LogP contribution in [-0.4, -0.2) is 57.2 Å². The van der Waals surface area contributed by atoms with Crippen molar-refractivity contribution in [2.45, 2.75) is 13.0 Å². The lowest BCUT2D eigenvalue weighted by atomic mass is 10.1. The zero-order chi connectivity index (χ0) is 18.5. The first-order valence-electron chi connectivity index (χ1n) is 9.06. The number of anilines is 2. The summed E-state index contributed by atoms with van der Waals surface area (Å²) in [6.07, 6.45) is 0. The van der Waals surface area contributed by atoms with Crippen LogP contribution in [0.3, 0.4) is 0 Å². The molecule has 0 bridgehead atoms. The van der Waals surface area contributed by atoms with Crippen LogP contribution in [0.5, 0.6) is 5.75 Å². The van der Waals surface area contributed by atoms with Crippen LogP contribution in [0, 0.1) is 0 Å². The molecular formula is C21H27N3O2. The molecule has 2 aromatic rings. The lowest BCUT2D eigenvalue weighted by Gasteiger charge is -2.39. The number of amides is 1. The van der Waals surface area contributed by atoms with Gasteiger partial charge in [0.05, 0.1) is 13.2 Å². The van der Waals surface area contributed by atoms with Crippen molar-refractivity contribution in [1.29, 1.82) is 0 Å². The van der Waals surface area contributed by atoms with Crippen molar-refractivity contribution in [1.82, 2.24) is 4.90 Å². The second kappa shape index (κ2) is 8.23. The summed E-state index contributed by atoms with van der Waals surface area (Å²) in [6, 6.07) is 17.8. The molecule has 0 N–H and O–H groups in total. The Bertz CT molecular complexity index is 710. The summed E-state index contributed by atoms with van der Waals surface area (Å²) in [6.45, 7) is 5.59. The number of benzene rings is 2. The Balaban J connectivity index is 1.57. The van der Waals surface area contributed by atoms with Gasteiger partial charge in [0.1, 0.15) is 5.75 Å². The number of rotatable bonds is 5. The van der Waals surface area contributed by atoms with Crippen molar-refractivity contribution in [3.05, 3.63) is 54.6 Å². The summed E-state index contributed by atoms with van der Waals surface area (Å²) < 4.78 is 5.22. The number of ether oxygens (including phenoxy) is 1. The molecule has 1 aliphatic heterocycles.